The Morgan fingerprint density at radius 1 is 0.462 bits per heavy atom. The summed E-state index contributed by atoms with van der Waals surface area (Å²) in [5, 5.41) is 2.63. The highest BCUT2D eigenvalue weighted by Gasteiger charge is 2.41. The van der Waals surface area contributed by atoms with Crippen LogP contribution >= 0.6 is 0 Å². The van der Waals surface area contributed by atoms with Gasteiger partial charge in [-0.15, -0.1) is 0 Å². The zero-order valence-electron chi connectivity index (χ0n) is 21.3. The molecule has 3 heterocycles. The second-order valence-electron chi connectivity index (χ2n) is 10.5. The molecule has 3 heteroatoms. The number of aromatic nitrogens is 1. The van der Waals surface area contributed by atoms with Crippen LogP contribution in [0.3, 0.4) is 0 Å². The van der Waals surface area contributed by atoms with E-state index in [4.69, 9.17) is 0 Å². The molecule has 0 radical (unpaired) electrons. The summed E-state index contributed by atoms with van der Waals surface area (Å²) in [4.78, 5) is 2.45. The first-order valence-corrected chi connectivity index (χ1v) is 13.6. The Hall–Kier alpha value is -5.02. The third kappa shape index (κ3) is 2.77. The maximum Gasteiger partial charge on any atom is 0.252 e. The van der Waals surface area contributed by atoms with Gasteiger partial charge in [0.05, 0.1) is 5.52 Å². The van der Waals surface area contributed by atoms with Crippen molar-refractivity contribution in [3.63, 3.8) is 0 Å². The zero-order chi connectivity index (χ0) is 25.5. The molecule has 2 aliphatic rings. The first kappa shape index (κ1) is 21.0. The number of benzene rings is 6. The van der Waals surface area contributed by atoms with Crippen molar-refractivity contribution in [3.8, 4) is 16.8 Å². The highest BCUT2D eigenvalue weighted by molar-refractivity contribution is 7.00. The Bertz CT molecular complexity index is 2080. The molecule has 1 aromatic heterocycles. The first-order chi connectivity index (χ1) is 19.4. The summed E-state index contributed by atoms with van der Waals surface area (Å²) in [5.41, 5.74) is 14.2. The topological polar surface area (TPSA) is 8.17 Å². The van der Waals surface area contributed by atoms with Crippen molar-refractivity contribution in [2.75, 3.05) is 4.90 Å². The highest BCUT2D eigenvalue weighted by Crippen LogP contribution is 2.41. The fourth-order valence-electron chi connectivity index (χ4n) is 7.02. The SMILES string of the molecule is c1ccc(-c2ccc3c(c2)B2c4c(cccc4-n4c5ccccc5c5cccc2c54)N3c2ccccc2)cc1. The number of anilines is 3. The zero-order valence-corrected chi connectivity index (χ0v) is 21.3. The monoisotopic (exact) mass is 494 g/mol. The summed E-state index contributed by atoms with van der Waals surface area (Å²) < 4.78 is 2.50. The molecule has 2 nitrogen and oxygen atoms in total. The van der Waals surface area contributed by atoms with Crippen LogP contribution in [-0.2, 0) is 0 Å². The Morgan fingerprint density at radius 2 is 1.18 bits per heavy atom. The third-order valence-corrected chi connectivity index (χ3v) is 8.57. The van der Waals surface area contributed by atoms with E-state index in [2.05, 4.69) is 149 Å². The Morgan fingerprint density at radius 3 is 2.05 bits per heavy atom. The molecule has 0 amide bonds. The maximum absolute atomic E-state index is 2.50. The molecule has 0 atom stereocenters. The number of nitrogens with zero attached hydrogens (tertiary/aromatic N) is 2. The third-order valence-electron chi connectivity index (χ3n) is 8.57. The molecule has 180 valence electrons. The molecule has 6 aromatic carbocycles. The van der Waals surface area contributed by atoms with Crippen molar-refractivity contribution in [1.82, 2.24) is 4.57 Å². The molecule has 0 bridgehead atoms. The summed E-state index contributed by atoms with van der Waals surface area (Å²) in [5.74, 6) is 0. The summed E-state index contributed by atoms with van der Waals surface area (Å²) >= 11 is 0. The van der Waals surface area contributed by atoms with Crippen molar-refractivity contribution < 1.29 is 0 Å². The first-order valence-electron chi connectivity index (χ1n) is 13.6. The average Bonchev–Trinajstić information content (AvgIpc) is 3.35. The van der Waals surface area contributed by atoms with Crippen molar-refractivity contribution in [2.45, 2.75) is 0 Å². The summed E-state index contributed by atoms with van der Waals surface area (Å²) in [6, 6.07) is 51.1. The van der Waals surface area contributed by atoms with E-state index in [9.17, 15) is 0 Å². The van der Waals surface area contributed by atoms with Crippen LogP contribution in [0.4, 0.5) is 17.1 Å². The molecular formula is C36H23BN2. The summed E-state index contributed by atoms with van der Waals surface area (Å²) in [7, 11) is 0. The van der Waals surface area contributed by atoms with Gasteiger partial charge >= 0.3 is 0 Å². The predicted octanol–water partition coefficient (Wildman–Crippen LogP) is 7.06. The molecule has 0 N–H and O–H groups in total. The Kier molecular flexibility index (Phi) is 4.17. The van der Waals surface area contributed by atoms with Gasteiger partial charge in [-0.2, -0.15) is 0 Å². The number of rotatable bonds is 2. The van der Waals surface area contributed by atoms with Gasteiger partial charge in [-0.05, 0) is 63.9 Å². The van der Waals surface area contributed by atoms with E-state index in [-0.39, 0.29) is 6.71 Å². The molecule has 0 saturated heterocycles. The molecule has 0 fully saturated rings. The van der Waals surface area contributed by atoms with Crippen LogP contribution in [0.1, 0.15) is 0 Å². The smallest absolute Gasteiger partial charge is 0.252 e. The quantitative estimate of drug-likeness (QED) is 0.234. The van der Waals surface area contributed by atoms with Crippen molar-refractivity contribution in [3.05, 3.63) is 140 Å². The van der Waals surface area contributed by atoms with Gasteiger partial charge in [-0.25, -0.2) is 0 Å². The van der Waals surface area contributed by atoms with E-state index in [0.29, 0.717) is 0 Å². The fourth-order valence-corrected chi connectivity index (χ4v) is 7.02. The number of para-hydroxylation sites is 3. The molecule has 2 aliphatic heterocycles. The Labute approximate surface area is 227 Å². The van der Waals surface area contributed by atoms with Gasteiger partial charge in [-0.1, -0.05) is 103 Å². The van der Waals surface area contributed by atoms with E-state index in [1.807, 2.05) is 0 Å². The standard InChI is InChI=1S/C36H23BN2/c1-3-11-24(12-4-1)25-21-22-32-30(23-25)37-29-17-9-16-28-27-15-7-8-18-31(27)39(36(28)29)34-20-10-19-33(35(34)37)38(32)26-13-5-2-6-14-26/h1-23H. The van der Waals surface area contributed by atoms with Gasteiger partial charge in [0, 0.05) is 39.0 Å². The fraction of sp³-hybridized carbons (Fsp3) is 0. The van der Waals surface area contributed by atoms with E-state index in [1.54, 1.807) is 0 Å². The molecule has 0 spiro atoms. The van der Waals surface area contributed by atoms with Crippen LogP contribution in [0.2, 0.25) is 0 Å². The van der Waals surface area contributed by atoms with Crippen molar-refractivity contribution >= 4 is 62.0 Å². The van der Waals surface area contributed by atoms with Gasteiger partial charge in [0.25, 0.3) is 6.71 Å². The van der Waals surface area contributed by atoms with Gasteiger partial charge in [0.2, 0.25) is 0 Å². The van der Waals surface area contributed by atoms with E-state index < -0.39 is 0 Å². The normalized spacial score (nSPS) is 13.0. The maximum atomic E-state index is 2.50. The van der Waals surface area contributed by atoms with Crippen LogP contribution in [0, 0.1) is 0 Å². The van der Waals surface area contributed by atoms with Gasteiger partial charge in [0.1, 0.15) is 0 Å². The lowest BCUT2D eigenvalue weighted by Gasteiger charge is -2.40. The number of hydrogen-bond donors (Lipinski definition) is 0. The van der Waals surface area contributed by atoms with Crippen LogP contribution < -0.4 is 21.3 Å². The van der Waals surface area contributed by atoms with Crippen molar-refractivity contribution in [2.24, 2.45) is 0 Å². The second kappa shape index (κ2) is 7.75. The molecule has 0 aliphatic carbocycles. The lowest BCUT2D eigenvalue weighted by atomic mass is 9.33. The molecule has 39 heavy (non-hydrogen) atoms. The van der Waals surface area contributed by atoms with Gasteiger partial charge < -0.3 is 9.47 Å². The van der Waals surface area contributed by atoms with E-state index in [1.165, 1.54) is 72.1 Å². The second-order valence-corrected chi connectivity index (χ2v) is 10.5. The van der Waals surface area contributed by atoms with Gasteiger partial charge in [0.15, 0.2) is 0 Å². The molecule has 7 aromatic rings. The summed E-state index contributed by atoms with van der Waals surface area (Å²) in [6.45, 7) is 0.148. The highest BCUT2D eigenvalue weighted by atomic mass is 15.2. The van der Waals surface area contributed by atoms with E-state index in [0.717, 1.165) is 0 Å². The number of hydrogen-bond acceptors (Lipinski definition) is 1. The van der Waals surface area contributed by atoms with Crippen LogP contribution in [0.5, 0.6) is 0 Å². The minimum absolute atomic E-state index is 0.148. The lowest BCUT2D eigenvalue weighted by molar-refractivity contribution is 1.18. The summed E-state index contributed by atoms with van der Waals surface area (Å²) in [6.07, 6.45) is 0. The minimum atomic E-state index is 0.148. The molecular weight excluding hydrogens is 471 g/mol. The van der Waals surface area contributed by atoms with Crippen LogP contribution in [0.15, 0.2) is 140 Å². The lowest BCUT2D eigenvalue weighted by Crippen LogP contribution is -2.60. The average molecular weight is 494 g/mol. The van der Waals surface area contributed by atoms with Crippen LogP contribution in [0.25, 0.3) is 38.6 Å². The van der Waals surface area contributed by atoms with Crippen LogP contribution in [-0.4, -0.2) is 11.3 Å². The number of fused-ring (bicyclic) bond motifs is 7. The Balaban J connectivity index is 1.44. The molecule has 9 rings (SSSR count). The van der Waals surface area contributed by atoms with Gasteiger partial charge in [-0.3, -0.25) is 0 Å². The predicted molar refractivity (Wildman–Crippen MR) is 166 cm³/mol. The molecule has 0 unspecified atom stereocenters. The molecule has 0 saturated carbocycles. The minimum Gasteiger partial charge on any atom is -0.311 e. The van der Waals surface area contributed by atoms with Crippen molar-refractivity contribution in [1.29, 1.82) is 0 Å². The largest absolute Gasteiger partial charge is 0.311 e. The van der Waals surface area contributed by atoms with E-state index >= 15 is 0 Å².